The Balaban J connectivity index is 2.51. The fourth-order valence-corrected chi connectivity index (χ4v) is 2.70. The van der Waals surface area contributed by atoms with Gasteiger partial charge in [0, 0.05) is 13.6 Å². The molecule has 1 rings (SSSR count). The zero-order valence-corrected chi connectivity index (χ0v) is 12.0. The lowest BCUT2D eigenvalue weighted by Gasteiger charge is -2.20. The first-order valence-electron chi connectivity index (χ1n) is 5.28. The van der Waals surface area contributed by atoms with E-state index in [0.29, 0.717) is 6.54 Å². The van der Waals surface area contributed by atoms with Gasteiger partial charge < -0.3 is 10.6 Å². The molecule has 0 aliphatic heterocycles. The van der Waals surface area contributed by atoms with Crippen LogP contribution in [-0.4, -0.2) is 23.9 Å². The molecule has 1 heterocycles. The van der Waals surface area contributed by atoms with Crippen LogP contribution in [0.3, 0.4) is 0 Å². The summed E-state index contributed by atoms with van der Waals surface area (Å²) >= 11 is 5.03. The highest BCUT2D eigenvalue weighted by Gasteiger charge is 2.17. The van der Waals surface area contributed by atoms with E-state index in [1.165, 1.54) is 0 Å². The number of hydrogen-bond donors (Lipinski definition) is 1. The molecule has 1 atom stereocenters. The van der Waals surface area contributed by atoms with Gasteiger partial charge >= 0.3 is 0 Å². The summed E-state index contributed by atoms with van der Waals surface area (Å²) in [5.41, 5.74) is 6.93. The van der Waals surface area contributed by atoms with Crippen LogP contribution in [0.15, 0.2) is 15.2 Å². The quantitative estimate of drug-likeness (QED) is 0.909. The van der Waals surface area contributed by atoms with Gasteiger partial charge in [0.1, 0.15) is 0 Å². The van der Waals surface area contributed by atoms with Crippen molar-refractivity contribution in [3.8, 4) is 0 Å². The summed E-state index contributed by atoms with van der Waals surface area (Å²) in [6.07, 6.45) is 1.68. The molecule has 0 radical (unpaired) electrons. The van der Waals surface area contributed by atoms with Crippen LogP contribution in [0.25, 0.3) is 0 Å². The van der Waals surface area contributed by atoms with E-state index in [0.717, 1.165) is 22.2 Å². The fraction of sp³-hybridized carbons (Fsp3) is 0.545. The standard InChI is InChI=1S/C11H17BrN2OS/c1-3-4-9(13)11(15)14(2)6-8-5-10(12)16-7-8/h5,7,9H,3-4,6,13H2,1-2H3/t9-/m1/s1. The number of likely N-dealkylation sites (N-methyl/N-ethyl adjacent to an activating group) is 1. The zero-order valence-electron chi connectivity index (χ0n) is 9.57. The van der Waals surface area contributed by atoms with E-state index in [1.54, 1.807) is 23.3 Å². The van der Waals surface area contributed by atoms with Crippen molar-refractivity contribution < 1.29 is 4.79 Å². The molecule has 2 N–H and O–H groups in total. The molecule has 0 bridgehead atoms. The summed E-state index contributed by atoms with van der Waals surface area (Å²) in [4.78, 5) is 13.5. The molecule has 0 aliphatic carbocycles. The Hall–Kier alpha value is -0.390. The van der Waals surface area contributed by atoms with Crippen LogP contribution in [0.2, 0.25) is 0 Å². The van der Waals surface area contributed by atoms with E-state index in [-0.39, 0.29) is 11.9 Å². The summed E-state index contributed by atoms with van der Waals surface area (Å²) in [5, 5.41) is 2.04. The Labute approximate surface area is 109 Å². The van der Waals surface area contributed by atoms with Crippen molar-refractivity contribution in [1.82, 2.24) is 4.90 Å². The predicted molar refractivity (Wildman–Crippen MR) is 71.4 cm³/mol. The highest BCUT2D eigenvalue weighted by Crippen LogP contribution is 2.21. The predicted octanol–water partition coefficient (Wildman–Crippen LogP) is 2.60. The van der Waals surface area contributed by atoms with Gasteiger partial charge in [0.15, 0.2) is 0 Å². The van der Waals surface area contributed by atoms with Crippen LogP contribution >= 0.6 is 27.3 Å². The van der Waals surface area contributed by atoms with Crippen molar-refractivity contribution >= 4 is 33.2 Å². The Morgan fingerprint density at radius 1 is 1.69 bits per heavy atom. The summed E-state index contributed by atoms with van der Waals surface area (Å²) < 4.78 is 1.08. The van der Waals surface area contributed by atoms with Gasteiger partial charge in [-0.2, -0.15) is 0 Å². The Bertz CT molecular complexity index is 354. The maximum atomic E-state index is 11.8. The molecule has 1 amide bonds. The maximum Gasteiger partial charge on any atom is 0.239 e. The molecule has 0 saturated heterocycles. The van der Waals surface area contributed by atoms with Gasteiger partial charge in [0.05, 0.1) is 9.83 Å². The van der Waals surface area contributed by atoms with Crippen molar-refractivity contribution in [2.24, 2.45) is 5.73 Å². The van der Waals surface area contributed by atoms with Crippen LogP contribution in [-0.2, 0) is 11.3 Å². The minimum atomic E-state index is -0.364. The maximum absolute atomic E-state index is 11.8. The monoisotopic (exact) mass is 304 g/mol. The number of rotatable bonds is 5. The Morgan fingerprint density at radius 2 is 2.38 bits per heavy atom. The van der Waals surface area contributed by atoms with Gasteiger partial charge in [-0.15, -0.1) is 11.3 Å². The largest absolute Gasteiger partial charge is 0.340 e. The number of halogens is 1. The molecular formula is C11H17BrN2OS. The summed E-state index contributed by atoms with van der Waals surface area (Å²) in [7, 11) is 1.80. The van der Waals surface area contributed by atoms with Crippen LogP contribution in [0.5, 0.6) is 0 Å². The topological polar surface area (TPSA) is 46.3 Å². The lowest BCUT2D eigenvalue weighted by molar-refractivity contribution is -0.131. The molecule has 0 saturated carbocycles. The number of thiophene rings is 1. The summed E-state index contributed by atoms with van der Waals surface area (Å²) in [5.74, 6) is 0.0178. The fourth-order valence-electron chi connectivity index (χ4n) is 1.50. The van der Waals surface area contributed by atoms with Gasteiger partial charge in [-0.25, -0.2) is 0 Å². The molecule has 0 spiro atoms. The smallest absolute Gasteiger partial charge is 0.239 e. The molecular weight excluding hydrogens is 288 g/mol. The van der Waals surface area contributed by atoms with E-state index in [9.17, 15) is 4.79 Å². The Kier molecular flexibility index (Phi) is 5.44. The van der Waals surface area contributed by atoms with Crippen molar-refractivity contribution in [2.45, 2.75) is 32.4 Å². The first kappa shape index (κ1) is 13.7. The van der Waals surface area contributed by atoms with Gasteiger partial charge in [0.25, 0.3) is 0 Å². The Morgan fingerprint density at radius 3 is 2.88 bits per heavy atom. The highest BCUT2D eigenvalue weighted by atomic mass is 79.9. The molecule has 1 aromatic heterocycles. The third-order valence-electron chi connectivity index (χ3n) is 2.33. The normalized spacial score (nSPS) is 12.5. The first-order valence-corrected chi connectivity index (χ1v) is 6.95. The number of hydrogen-bond acceptors (Lipinski definition) is 3. The van der Waals surface area contributed by atoms with E-state index in [4.69, 9.17) is 5.73 Å². The van der Waals surface area contributed by atoms with Crippen LogP contribution < -0.4 is 5.73 Å². The molecule has 0 aromatic carbocycles. The number of carbonyl (C=O) groups is 1. The van der Waals surface area contributed by atoms with Crippen LogP contribution in [0, 0.1) is 0 Å². The van der Waals surface area contributed by atoms with Crippen LogP contribution in [0.4, 0.5) is 0 Å². The van der Waals surface area contributed by atoms with Crippen molar-refractivity contribution in [3.05, 3.63) is 20.8 Å². The molecule has 5 heteroatoms. The molecule has 16 heavy (non-hydrogen) atoms. The highest BCUT2D eigenvalue weighted by molar-refractivity contribution is 9.11. The second-order valence-electron chi connectivity index (χ2n) is 3.85. The molecule has 0 fully saturated rings. The van der Waals surface area contributed by atoms with E-state index in [2.05, 4.69) is 15.9 Å². The molecule has 3 nitrogen and oxygen atoms in total. The van der Waals surface area contributed by atoms with Gasteiger partial charge in [-0.3, -0.25) is 4.79 Å². The third-order valence-corrected chi connectivity index (χ3v) is 3.89. The lowest BCUT2D eigenvalue weighted by atomic mass is 10.1. The molecule has 0 unspecified atom stereocenters. The molecule has 1 aromatic rings. The molecule has 0 aliphatic rings. The minimum absolute atomic E-state index is 0.0178. The third kappa shape index (κ3) is 3.88. The number of carbonyl (C=O) groups excluding carboxylic acids is 1. The minimum Gasteiger partial charge on any atom is -0.340 e. The summed E-state index contributed by atoms with van der Waals surface area (Å²) in [6.45, 7) is 2.65. The van der Waals surface area contributed by atoms with E-state index >= 15 is 0 Å². The van der Waals surface area contributed by atoms with Gasteiger partial charge in [-0.1, -0.05) is 13.3 Å². The van der Waals surface area contributed by atoms with Crippen molar-refractivity contribution in [3.63, 3.8) is 0 Å². The van der Waals surface area contributed by atoms with Crippen molar-refractivity contribution in [1.29, 1.82) is 0 Å². The average molecular weight is 305 g/mol. The zero-order chi connectivity index (χ0) is 12.1. The van der Waals surface area contributed by atoms with Gasteiger partial charge in [0.2, 0.25) is 5.91 Å². The number of amides is 1. The average Bonchev–Trinajstić information content (AvgIpc) is 2.63. The van der Waals surface area contributed by atoms with E-state index < -0.39 is 0 Å². The van der Waals surface area contributed by atoms with Crippen molar-refractivity contribution in [2.75, 3.05) is 7.05 Å². The number of nitrogens with zero attached hydrogens (tertiary/aromatic N) is 1. The second kappa shape index (κ2) is 6.37. The number of nitrogens with two attached hydrogens (primary N) is 1. The van der Waals surface area contributed by atoms with Gasteiger partial charge in [-0.05, 0) is 39.4 Å². The SMILES string of the molecule is CCC[C@@H](N)C(=O)N(C)Cc1csc(Br)c1. The lowest BCUT2D eigenvalue weighted by Crippen LogP contribution is -2.41. The van der Waals surface area contributed by atoms with Crippen LogP contribution in [0.1, 0.15) is 25.3 Å². The van der Waals surface area contributed by atoms with E-state index in [1.807, 2.05) is 18.4 Å². The summed E-state index contributed by atoms with van der Waals surface area (Å²) in [6, 6.07) is 1.66. The first-order chi connectivity index (χ1) is 7.54. The molecule has 90 valence electrons. The second-order valence-corrected chi connectivity index (χ2v) is 6.14.